The molecule has 0 bridgehead atoms. The van der Waals surface area contributed by atoms with E-state index in [4.69, 9.17) is 0 Å². The second kappa shape index (κ2) is 6.14. The molecule has 1 N–H and O–H groups in total. The number of nitrogens with one attached hydrogen (secondary N) is 1. The number of amides is 1. The van der Waals surface area contributed by atoms with Crippen molar-refractivity contribution in [2.75, 3.05) is 0 Å². The lowest BCUT2D eigenvalue weighted by atomic mass is 9.87. The maximum Gasteiger partial charge on any atom is 0.292 e. The molecule has 0 aromatic heterocycles. The van der Waals surface area contributed by atoms with Gasteiger partial charge in [0, 0.05) is 5.56 Å². The quantitative estimate of drug-likeness (QED) is 0.696. The predicted octanol–water partition coefficient (Wildman–Crippen LogP) is 3.37. The van der Waals surface area contributed by atoms with Crippen molar-refractivity contribution in [3.8, 4) is 0 Å². The molecule has 2 aromatic carbocycles. The zero-order valence-corrected chi connectivity index (χ0v) is 12.6. The summed E-state index contributed by atoms with van der Waals surface area (Å²) in [5.74, 6) is -0.992. The van der Waals surface area contributed by atoms with Crippen molar-refractivity contribution < 1.29 is 9.59 Å². The van der Waals surface area contributed by atoms with Crippen LogP contribution in [0.5, 0.6) is 0 Å². The summed E-state index contributed by atoms with van der Waals surface area (Å²) in [4.78, 5) is 24.5. The zero-order valence-electron chi connectivity index (χ0n) is 12.6. The van der Waals surface area contributed by atoms with Gasteiger partial charge in [-0.2, -0.15) is 0 Å². The summed E-state index contributed by atoms with van der Waals surface area (Å²) in [6, 6.07) is 15.1. The molecule has 1 unspecified atom stereocenters. The Hall–Kier alpha value is -2.42. The second-order valence-corrected chi connectivity index (χ2v) is 5.81. The molecule has 112 valence electrons. The van der Waals surface area contributed by atoms with Gasteiger partial charge in [0.25, 0.3) is 5.91 Å². The molecule has 2 aromatic rings. The van der Waals surface area contributed by atoms with Crippen LogP contribution in [0.15, 0.2) is 48.5 Å². The summed E-state index contributed by atoms with van der Waals surface area (Å²) < 4.78 is 0. The number of aryl methyl sites for hydroxylation is 2. The van der Waals surface area contributed by atoms with Crippen molar-refractivity contribution in [2.24, 2.45) is 0 Å². The highest BCUT2D eigenvalue weighted by molar-refractivity contribution is 6.42. The van der Waals surface area contributed by atoms with Crippen LogP contribution in [0.2, 0.25) is 0 Å². The molecular weight excluding hydrogens is 274 g/mol. The highest BCUT2D eigenvalue weighted by Crippen LogP contribution is 2.29. The normalized spacial score (nSPS) is 16.7. The largest absolute Gasteiger partial charge is 0.342 e. The van der Waals surface area contributed by atoms with E-state index in [0.29, 0.717) is 5.56 Å². The number of benzene rings is 2. The van der Waals surface area contributed by atoms with Crippen molar-refractivity contribution >= 4 is 11.7 Å². The van der Waals surface area contributed by atoms with E-state index in [0.717, 1.165) is 30.4 Å². The van der Waals surface area contributed by atoms with Gasteiger partial charge in [-0.25, -0.2) is 0 Å². The highest BCUT2D eigenvalue weighted by atomic mass is 16.2. The summed E-state index contributed by atoms with van der Waals surface area (Å²) >= 11 is 0. The van der Waals surface area contributed by atoms with E-state index >= 15 is 0 Å². The summed E-state index contributed by atoms with van der Waals surface area (Å²) in [6.45, 7) is 1.95. The molecule has 1 aliphatic rings. The Morgan fingerprint density at radius 1 is 1.05 bits per heavy atom. The molecule has 1 amide bonds. The summed E-state index contributed by atoms with van der Waals surface area (Å²) in [5, 5.41) is 2.90. The molecule has 0 heterocycles. The summed E-state index contributed by atoms with van der Waals surface area (Å²) in [7, 11) is 0. The molecule has 0 saturated heterocycles. The summed E-state index contributed by atoms with van der Waals surface area (Å²) in [6.07, 6.45) is 2.94. The van der Waals surface area contributed by atoms with Crippen LogP contribution in [0.4, 0.5) is 0 Å². The van der Waals surface area contributed by atoms with Gasteiger partial charge in [0.15, 0.2) is 0 Å². The van der Waals surface area contributed by atoms with Crippen molar-refractivity contribution in [3.63, 3.8) is 0 Å². The topological polar surface area (TPSA) is 46.2 Å². The van der Waals surface area contributed by atoms with Gasteiger partial charge in [-0.3, -0.25) is 9.59 Å². The fourth-order valence-corrected chi connectivity index (χ4v) is 2.96. The van der Waals surface area contributed by atoms with E-state index in [1.807, 2.05) is 37.3 Å². The van der Waals surface area contributed by atoms with E-state index in [2.05, 4.69) is 11.4 Å². The third-order valence-corrected chi connectivity index (χ3v) is 4.19. The van der Waals surface area contributed by atoms with Crippen molar-refractivity contribution in [1.82, 2.24) is 5.32 Å². The van der Waals surface area contributed by atoms with Gasteiger partial charge in [-0.15, -0.1) is 0 Å². The van der Waals surface area contributed by atoms with E-state index in [1.54, 1.807) is 12.1 Å². The van der Waals surface area contributed by atoms with E-state index in [-0.39, 0.29) is 6.04 Å². The molecule has 0 saturated carbocycles. The fraction of sp³-hybridized carbons (Fsp3) is 0.263. The van der Waals surface area contributed by atoms with Gasteiger partial charge in [0.05, 0.1) is 6.04 Å². The first-order chi connectivity index (χ1) is 10.6. The fourth-order valence-electron chi connectivity index (χ4n) is 2.96. The Morgan fingerprint density at radius 3 is 2.55 bits per heavy atom. The first kappa shape index (κ1) is 14.5. The highest BCUT2D eigenvalue weighted by Gasteiger charge is 2.24. The first-order valence-corrected chi connectivity index (χ1v) is 7.65. The van der Waals surface area contributed by atoms with E-state index in [9.17, 15) is 9.59 Å². The molecule has 0 radical (unpaired) electrons. The van der Waals surface area contributed by atoms with Gasteiger partial charge in [0.1, 0.15) is 0 Å². The number of carbonyl (C=O) groups excluding carboxylic acids is 2. The predicted molar refractivity (Wildman–Crippen MR) is 85.8 cm³/mol. The maximum atomic E-state index is 12.2. The first-order valence-electron chi connectivity index (χ1n) is 7.65. The van der Waals surface area contributed by atoms with Crippen LogP contribution in [0.25, 0.3) is 0 Å². The number of carbonyl (C=O) groups is 2. The number of Topliss-reactive ketones (excluding diaryl/α,β-unsaturated/α-hetero) is 1. The second-order valence-electron chi connectivity index (χ2n) is 5.81. The Labute approximate surface area is 130 Å². The minimum Gasteiger partial charge on any atom is -0.342 e. The average molecular weight is 293 g/mol. The third kappa shape index (κ3) is 2.93. The lowest BCUT2D eigenvalue weighted by Crippen LogP contribution is -2.35. The zero-order chi connectivity index (χ0) is 15.5. The maximum absolute atomic E-state index is 12.2. The number of fused-ring (bicyclic) bond motifs is 1. The van der Waals surface area contributed by atoms with Crippen LogP contribution in [0.3, 0.4) is 0 Å². The van der Waals surface area contributed by atoms with Gasteiger partial charge >= 0.3 is 0 Å². The molecule has 3 heteroatoms. The monoisotopic (exact) mass is 293 g/mol. The van der Waals surface area contributed by atoms with Crippen LogP contribution < -0.4 is 5.32 Å². The van der Waals surface area contributed by atoms with E-state index in [1.165, 1.54) is 5.56 Å². The number of rotatable bonds is 3. The van der Waals surface area contributed by atoms with Crippen molar-refractivity contribution in [3.05, 3.63) is 70.8 Å². The molecule has 1 atom stereocenters. The van der Waals surface area contributed by atoms with Crippen LogP contribution in [-0.4, -0.2) is 11.7 Å². The Balaban J connectivity index is 1.75. The van der Waals surface area contributed by atoms with Gasteiger partial charge in [-0.1, -0.05) is 54.1 Å². The molecule has 22 heavy (non-hydrogen) atoms. The number of hydrogen-bond donors (Lipinski definition) is 1. The van der Waals surface area contributed by atoms with Crippen LogP contribution in [0, 0.1) is 6.92 Å². The molecular formula is C19H19NO2. The van der Waals surface area contributed by atoms with Gasteiger partial charge < -0.3 is 5.32 Å². The molecule has 3 rings (SSSR count). The van der Waals surface area contributed by atoms with Crippen molar-refractivity contribution in [1.29, 1.82) is 0 Å². The lowest BCUT2D eigenvalue weighted by Gasteiger charge is -2.26. The van der Waals surface area contributed by atoms with Crippen LogP contribution in [0.1, 0.15) is 45.9 Å². The van der Waals surface area contributed by atoms with Crippen LogP contribution >= 0.6 is 0 Å². The SMILES string of the molecule is Cc1ccc(C(=O)C(=O)NC2CCCc3ccccc32)cc1. The van der Waals surface area contributed by atoms with Crippen LogP contribution in [-0.2, 0) is 11.2 Å². The minimum absolute atomic E-state index is 0.0631. The Kier molecular flexibility index (Phi) is 4.05. The third-order valence-electron chi connectivity index (χ3n) is 4.19. The van der Waals surface area contributed by atoms with Gasteiger partial charge in [0.2, 0.25) is 5.78 Å². The molecule has 0 fully saturated rings. The van der Waals surface area contributed by atoms with E-state index < -0.39 is 11.7 Å². The summed E-state index contributed by atoms with van der Waals surface area (Å²) in [5.41, 5.74) is 3.91. The molecule has 3 nitrogen and oxygen atoms in total. The Morgan fingerprint density at radius 2 is 1.77 bits per heavy atom. The Bertz CT molecular complexity index is 704. The molecule has 0 spiro atoms. The van der Waals surface area contributed by atoms with Crippen molar-refractivity contribution in [2.45, 2.75) is 32.2 Å². The average Bonchev–Trinajstić information content (AvgIpc) is 2.55. The molecule has 1 aliphatic carbocycles. The smallest absolute Gasteiger partial charge is 0.292 e. The number of ketones is 1. The molecule has 0 aliphatic heterocycles. The minimum atomic E-state index is -0.523. The number of hydrogen-bond acceptors (Lipinski definition) is 2. The lowest BCUT2D eigenvalue weighted by molar-refractivity contribution is -0.117. The van der Waals surface area contributed by atoms with Gasteiger partial charge in [-0.05, 0) is 37.3 Å². The standard InChI is InChI=1S/C19H19NO2/c1-13-9-11-15(12-10-13)18(21)19(22)20-17-8-4-6-14-5-2-3-7-16(14)17/h2-3,5,7,9-12,17H,4,6,8H2,1H3,(H,20,22).